The lowest BCUT2D eigenvalue weighted by Crippen LogP contribution is -2.23. The number of hydrogen-bond donors (Lipinski definition) is 0. The molecular weight excluding hydrogens is 167 g/mol. The standard InChI is InChI=1S/C9H19N2P/c1-10-4-8-6-11(12(2)3)7-9(8)5-10/h8-9H,4-7H2,1-3H3. The first-order valence-electron chi connectivity index (χ1n) is 4.77. The maximum absolute atomic E-state index is 2.69. The van der Waals surface area contributed by atoms with Gasteiger partial charge in [0.05, 0.1) is 0 Å². The first-order chi connectivity index (χ1) is 5.66. The van der Waals surface area contributed by atoms with Gasteiger partial charge in [-0.1, -0.05) is 0 Å². The summed E-state index contributed by atoms with van der Waals surface area (Å²) in [5.41, 5.74) is 0. The van der Waals surface area contributed by atoms with E-state index in [9.17, 15) is 0 Å². The van der Waals surface area contributed by atoms with Gasteiger partial charge >= 0.3 is 0 Å². The van der Waals surface area contributed by atoms with E-state index in [1.807, 2.05) is 0 Å². The van der Waals surface area contributed by atoms with Crippen molar-refractivity contribution in [3.05, 3.63) is 0 Å². The highest BCUT2D eigenvalue weighted by molar-refractivity contribution is 7.53. The number of nitrogens with zero attached hydrogens (tertiary/aromatic N) is 2. The van der Waals surface area contributed by atoms with Crippen LogP contribution in [0.25, 0.3) is 0 Å². The molecule has 12 heavy (non-hydrogen) atoms. The second-order valence-corrected chi connectivity index (χ2v) is 6.72. The SMILES string of the molecule is CN1CC2CN(P(C)C)CC2C1. The molecule has 2 aliphatic heterocycles. The Hall–Kier alpha value is 0.350. The van der Waals surface area contributed by atoms with Gasteiger partial charge in [-0.05, 0) is 40.3 Å². The van der Waals surface area contributed by atoms with Gasteiger partial charge in [-0.2, -0.15) is 0 Å². The maximum Gasteiger partial charge on any atom is 0.00651 e. The van der Waals surface area contributed by atoms with Crippen LogP contribution in [-0.4, -0.2) is 56.1 Å². The molecule has 2 saturated heterocycles. The highest BCUT2D eigenvalue weighted by Crippen LogP contribution is 2.41. The van der Waals surface area contributed by atoms with Crippen LogP contribution in [-0.2, 0) is 0 Å². The van der Waals surface area contributed by atoms with E-state index in [1.54, 1.807) is 0 Å². The fourth-order valence-corrected chi connectivity index (χ4v) is 3.60. The molecule has 2 fully saturated rings. The molecule has 2 unspecified atom stereocenters. The predicted octanol–water partition coefficient (Wildman–Crippen LogP) is 1.14. The van der Waals surface area contributed by atoms with E-state index in [4.69, 9.17) is 0 Å². The molecule has 0 bridgehead atoms. The third-order valence-corrected chi connectivity index (χ3v) is 4.67. The molecule has 0 N–H and O–H groups in total. The van der Waals surface area contributed by atoms with Crippen molar-refractivity contribution in [1.29, 1.82) is 0 Å². The number of hydrogen-bond acceptors (Lipinski definition) is 2. The van der Waals surface area contributed by atoms with Crippen LogP contribution in [0.2, 0.25) is 0 Å². The zero-order chi connectivity index (χ0) is 8.72. The van der Waals surface area contributed by atoms with E-state index in [-0.39, 0.29) is 8.07 Å². The van der Waals surface area contributed by atoms with Crippen molar-refractivity contribution in [2.45, 2.75) is 0 Å². The normalized spacial score (nSPS) is 38.0. The Morgan fingerprint density at radius 3 is 1.92 bits per heavy atom. The molecule has 0 aliphatic carbocycles. The van der Waals surface area contributed by atoms with Gasteiger partial charge in [-0.3, -0.25) is 4.67 Å². The third kappa shape index (κ3) is 1.53. The minimum atomic E-state index is 0.174. The van der Waals surface area contributed by atoms with Crippen LogP contribution in [0.5, 0.6) is 0 Å². The lowest BCUT2D eigenvalue weighted by atomic mass is 10.0. The second kappa shape index (κ2) is 3.25. The Morgan fingerprint density at radius 1 is 1.00 bits per heavy atom. The highest BCUT2D eigenvalue weighted by atomic mass is 31.1. The van der Waals surface area contributed by atoms with Gasteiger partial charge in [0.15, 0.2) is 0 Å². The zero-order valence-electron chi connectivity index (χ0n) is 8.32. The first-order valence-corrected chi connectivity index (χ1v) is 6.96. The van der Waals surface area contributed by atoms with E-state index < -0.39 is 0 Å². The molecule has 0 radical (unpaired) electrons. The lowest BCUT2D eigenvalue weighted by molar-refractivity contribution is 0.357. The monoisotopic (exact) mass is 186 g/mol. The van der Waals surface area contributed by atoms with Crippen LogP contribution in [0.4, 0.5) is 0 Å². The molecule has 2 aliphatic rings. The topological polar surface area (TPSA) is 6.48 Å². The fourth-order valence-electron chi connectivity index (χ4n) is 2.53. The Morgan fingerprint density at radius 2 is 1.50 bits per heavy atom. The zero-order valence-corrected chi connectivity index (χ0v) is 9.22. The highest BCUT2D eigenvalue weighted by Gasteiger charge is 2.39. The Labute approximate surface area is 76.7 Å². The van der Waals surface area contributed by atoms with E-state index >= 15 is 0 Å². The molecule has 0 saturated carbocycles. The van der Waals surface area contributed by atoms with Crippen LogP contribution < -0.4 is 0 Å². The Balaban J connectivity index is 1.93. The largest absolute Gasteiger partial charge is 0.306 e. The molecule has 2 atom stereocenters. The molecule has 0 aromatic carbocycles. The van der Waals surface area contributed by atoms with Gasteiger partial charge < -0.3 is 4.90 Å². The molecule has 0 amide bonds. The van der Waals surface area contributed by atoms with Gasteiger partial charge in [0.2, 0.25) is 0 Å². The molecule has 2 nitrogen and oxygen atoms in total. The molecule has 0 spiro atoms. The van der Waals surface area contributed by atoms with E-state index in [1.165, 1.54) is 26.2 Å². The lowest BCUT2D eigenvalue weighted by Gasteiger charge is -2.22. The van der Waals surface area contributed by atoms with Crippen molar-refractivity contribution in [2.75, 3.05) is 46.6 Å². The van der Waals surface area contributed by atoms with Crippen molar-refractivity contribution in [3.8, 4) is 0 Å². The van der Waals surface area contributed by atoms with Crippen LogP contribution >= 0.6 is 8.07 Å². The summed E-state index contributed by atoms with van der Waals surface area (Å²) in [4.78, 5) is 2.49. The van der Waals surface area contributed by atoms with Crippen molar-refractivity contribution in [2.24, 2.45) is 11.8 Å². The molecule has 2 rings (SSSR count). The summed E-state index contributed by atoms with van der Waals surface area (Å²) in [5.74, 6) is 1.97. The average molecular weight is 186 g/mol. The molecule has 0 aromatic heterocycles. The number of likely N-dealkylation sites (tertiary alicyclic amines) is 1. The van der Waals surface area contributed by atoms with Gasteiger partial charge in [0.25, 0.3) is 0 Å². The molecular formula is C9H19N2P. The van der Waals surface area contributed by atoms with E-state index in [0.717, 1.165) is 11.8 Å². The van der Waals surface area contributed by atoms with Crippen LogP contribution in [0.15, 0.2) is 0 Å². The predicted molar refractivity (Wildman–Crippen MR) is 54.8 cm³/mol. The van der Waals surface area contributed by atoms with Crippen molar-refractivity contribution in [1.82, 2.24) is 9.57 Å². The van der Waals surface area contributed by atoms with Gasteiger partial charge in [0, 0.05) is 26.2 Å². The summed E-state index contributed by atoms with van der Waals surface area (Å²) in [6.07, 6.45) is 0. The van der Waals surface area contributed by atoms with Crippen LogP contribution in [0, 0.1) is 11.8 Å². The summed E-state index contributed by atoms with van der Waals surface area (Å²) in [6.45, 7) is 10.2. The van der Waals surface area contributed by atoms with Crippen molar-refractivity contribution < 1.29 is 0 Å². The van der Waals surface area contributed by atoms with Crippen molar-refractivity contribution >= 4 is 8.07 Å². The van der Waals surface area contributed by atoms with Crippen molar-refractivity contribution in [3.63, 3.8) is 0 Å². The molecule has 70 valence electrons. The number of rotatable bonds is 1. The fraction of sp³-hybridized carbons (Fsp3) is 1.00. The van der Waals surface area contributed by atoms with Gasteiger partial charge in [0.1, 0.15) is 0 Å². The Bertz CT molecular complexity index is 158. The summed E-state index contributed by atoms with van der Waals surface area (Å²) in [5, 5.41) is 0. The summed E-state index contributed by atoms with van der Waals surface area (Å²) >= 11 is 0. The summed E-state index contributed by atoms with van der Waals surface area (Å²) < 4.78 is 2.69. The van der Waals surface area contributed by atoms with E-state index in [2.05, 4.69) is 29.9 Å². The maximum atomic E-state index is 2.69. The number of fused-ring (bicyclic) bond motifs is 1. The quantitative estimate of drug-likeness (QED) is 0.566. The van der Waals surface area contributed by atoms with E-state index in [0.29, 0.717) is 0 Å². The van der Waals surface area contributed by atoms with Gasteiger partial charge in [-0.15, -0.1) is 0 Å². The minimum absolute atomic E-state index is 0.174. The van der Waals surface area contributed by atoms with Crippen LogP contribution in [0.1, 0.15) is 0 Å². The Kier molecular flexibility index (Phi) is 2.42. The minimum Gasteiger partial charge on any atom is -0.306 e. The smallest absolute Gasteiger partial charge is 0.00651 e. The average Bonchev–Trinajstić information content (AvgIpc) is 2.42. The second-order valence-electron chi connectivity index (χ2n) is 4.46. The third-order valence-electron chi connectivity index (χ3n) is 3.22. The first kappa shape index (κ1) is 8.93. The molecule has 2 heterocycles. The van der Waals surface area contributed by atoms with Crippen LogP contribution in [0.3, 0.4) is 0 Å². The molecule has 0 aromatic rings. The summed E-state index contributed by atoms with van der Waals surface area (Å²) in [6, 6.07) is 0. The summed E-state index contributed by atoms with van der Waals surface area (Å²) in [7, 11) is 2.43. The van der Waals surface area contributed by atoms with Gasteiger partial charge in [-0.25, -0.2) is 0 Å². The molecule has 3 heteroatoms.